The van der Waals surface area contributed by atoms with E-state index in [0.29, 0.717) is 6.42 Å². The molecule has 1 atom stereocenters. The van der Waals surface area contributed by atoms with Gasteiger partial charge in [0.2, 0.25) is 5.91 Å². The van der Waals surface area contributed by atoms with Crippen LogP contribution in [0.3, 0.4) is 0 Å². The molecule has 1 unspecified atom stereocenters. The van der Waals surface area contributed by atoms with Gasteiger partial charge in [0.25, 0.3) is 0 Å². The summed E-state index contributed by atoms with van der Waals surface area (Å²) in [7, 11) is 0. The number of carbonyl (C=O) groups excluding carboxylic acids is 1. The average molecular weight is 207 g/mol. The first-order valence-corrected chi connectivity index (χ1v) is 4.98. The number of hydrogen-bond donors (Lipinski definition) is 2. The summed E-state index contributed by atoms with van der Waals surface area (Å²) in [4.78, 5) is 15.8. The van der Waals surface area contributed by atoms with E-state index >= 15 is 0 Å². The molecule has 0 aliphatic heterocycles. The third-order valence-corrected chi connectivity index (χ3v) is 2.41. The third kappa shape index (κ3) is 3.02. The number of hydrogen-bond acceptors (Lipinski definition) is 3. The van der Waals surface area contributed by atoms with Gasteiger partial charge in [-0.1, -0.05) is 6.92 Å². The maximum absolute atomic E-state index is 11.7. The molecule has 0 aliphatic rings. The van der Waals surface area contributed by atoms with E-state index in [1.54, 1.807) is 19.2 Å². The summed E-state index contributed by atoms with van der Waals surface area (Å²) in [6.45, 7) is 5.48. The van der Waals surface area contributed by atoms with Crippen LogP contribution in [-0.2, 0) is 4.79 Å². The Morgan fingerprint density at radius 1 is 1.67 bits per heavy atom. The second kappa shape index (κ2) is 4.40. The number of aromatic nitrogens is 1. The highest BCUT2D eigenvalue weighted by Crippen LogP contribution is 2.12. The highest BCUT2D eigenvalue weighted by atomic mass is 16.2. The van der Waals surface area contributed by atoms with E-state index in [9.17, 15) is 4.79 Å². The second-order valence-electron chi connectivity index (χ2n) is 3.91. The predicted octanol–water partition coefficient (Wildman–Crippen LogP) is 1.46. The van der Waals surface area contributed by atoms with Gasteiger partial charge in [-0.3, -0.25) is 9.78 Å². The Labute approximate surface area is 89.9 Å². The van der Waals surface area contributed by atoms with Gasteiger partial charge in [-0.05, 0) is 32.4 Å². The summed E-state index contributed by atoms with van der Waals surface area (Å²) < 4.78 is 0. The first kappa shape index (κ1) is 11.7. The molecule has 1 aromatic rings. The molecule has 0 bridgehead atoms. The number of nitrogens with two attached hydrogens (primary N) is 1. The molecule has 15 heavy (non-hydrogen) atoms. The van der Waals surface area contributed by atoms with Crippen LogP contribution >= 0.6 is 0 Å². The number of amides is 1. The lowest BCUT2D eigenvalue weighted by Gasteiger charge is -2.21. The van der Waals surface area contributed by atoms with E-state index in [-0.39, 0.29) is 5.91 Å². The molecule has 0 saturated carbocycles. The van der Waals surface area contributed by atoms with Gasteiger partial charge < -0.3 is 11.1 Å². The molecule has 1 aromatic heterocycles. The van der Waals surface area contributed by atoms with Crippen LogP contribution in [0.1, 0.15) is 26.0 Å². The van der Waals surface area contributed by atoms with Crippen LogP contribution in [0, 0.1) is 6.92 Å². The molecule has 1 amide bonds. The van der Waals surface area contributed by atoms with Crippen molar-refractivity contribution in [3.05, 3.63) is 24.0 Å². The SMILES string of the molecule is CCC(C)(N)C(=O)Nc1ccnc(C)c1. The quantitative estimate of drug-likeness (QED) is 0.788. The summed E-state index contributed by atoms with van der Waals surface area (Å²) in [5.41, 5.74) is 6.59. The van der Waals surface area contributed by atoms with Crippen LogP contribution in [0.2, 0.25) is 0 Å². The van der Waals surface area contributed by atoms with Crippen LogP contribution in [0.15, 0.2) is 18.3 Å². The number of anilines is 1. The van der Waals surface area contributed by atoms with Crippen molar-refractivity contribution in [3.8, 4) is 0 Å². The maximum Gasteiger partial charge on any atom is 0.244 e. The molecule has 1 rings (SSSR count). The number of carbonyl (C=O) groups is 1. The fraction of sp³-hybridized carbons (Fsp3) is 0.455. The van der Waals surface area contributed by atoms with Crippen molar-refractivity contribution in [2.75, 3.05) is 5.32 Å². The Balaban J connectivity index is 2.75. The van der Waals surface area contributed by atoms with Crippen molar-refractivity contribution >= 4 is 11.6 Å². The molecule has 0 radical (unpaired) electrons. The Hall–Kier alpha value is -1.42. The molecule has 0 aromatic carbocycles. The lowest BCUT2D eigenvalue weighted by molar-refractivity contribution is -0.120. The van der Waals surface area contributed by atoms with Crippen LogP contribution in [0.4, 0.5) is 5.69 Å². The molecular formula is C11H17N3O. The fourth-order valence-corrected chi connectivity index (χ4v) is 1.06. The molecule has 0 fully saturated rings. The Bertz CT molecular complexity index is 361. The largest absolute Gasteiger partial charge is 0.324 e. The normalized spacial score (nSPS) is 14.4. The zero-order valence-electron chi connectivity index (χ0n) is 9.37. The Kier molecular flexibility index (Phi) is 3.42. The monoisotopic (exact) mass is 207 g/mol. The van der Waals surface area contributed by atoms with Crippen molar-refractivity contribution in [2.45, 2.75) is 32.7 Å². The van der Waals surface area contributed by atoms with Gasteiger partial charge >= 0.3 is 0 Å². The number of pyridine rings is 1. The van der Waals surface area contributed by atoms with Gasteiger partial charge in [-0.15, -0.1) is 0 Å². The fourth-order valence-electron chi connectivity index (χ4n) is 1.06. The molecule has 82 valence electrons. The van der Waals surface area contributed by atoms with Gasteiger partial charge in [0.1, 0.15) is 0 Å². The molecule has 0 saturated heterocycles. The number of rotatable bonds is 3. The third-order valence-electron chi connectivity index (χ3n) is 2.41. The average Bonchev–Trinajstić information content (AvgIpc) is 2.17. The summed E-state index contributed by atoms with van der Waals surface area (Å²) in [6.07, 6.45) is 2.26. The summed E-state index contributed by atoms with van der Waals surface area (Å²) in [5, 5.41) is 2.77. The highest BCUT2D eigenvalue weighted by molar-refractivity contribution is 5.97. The van der Waals surface area contributed by atoms with Crippen molar-refractivity contribution in [3.63, 3.8) is 0 Å². The molecule has 3 N–H and O–H groups in total. The molecule has 1 heterocycles. The van der Waals surface area contributed by atoms with E-state index in [2.05, 4.69) is 10.3 Å². The van der Waals surface area contributed by atoms with Gasteiger partial charge in [0.15, 0.2) is 0 Å². The topological polar surface area (TPSA) is 68.0 Å². The van der Waals surface area contributed by atoms with E-state index in [0.717, 1.165) is 11.4 Å². The molecule has 0 aliphatic carbocycles. The minimum Gasteiger partial charge on any atom is -0.324 e. The standard InChI is InChI=1S/C11H17N3O/c1-4-11(3,12)10(15)14-9-5-6-13-8(2)7-9/h5-7H,4,12H2,1-3H3,(H,13,14,15). The Morgan fingerprint density at radius 3 is 2.87 bits per heavy atom. The zero-order chi connectivity index (χ0) is 11.5. The molecular weight excluding hydrogens is 190 g/mol. The van der Waals surface area contributed by atoms with Crippen LogP contribution in [-0.4, -0.2) is 16.4 Å². The number of aryl methyl sites for hydroxylation is 1. The van der Waals surface area contributed by atoms with Gasteiger partial charge in [-0.2, -0.15) is 0 Å². The zero-order valence-corrected chi connectivity index (χ0v) is 9.37. The molecule has 4 nitrogen and oxygen atoms in total. The van der Waals surface area contributed by atoms with Gasteiger partial charge in [0.05, 0.1) is 5.54 Å². The van der Waals surface area contributed by atoms with Crippen molar-refractivity contribution in [1.82, 2.24) is 4.98 Å². The summed E-state index contributed by atoms with van der Waals surface area (Å²) in [6, 6.07) is 3.56. The second-order valence-corrected chi connectivity index (χ2v) is 3.91. The van der Waals surface area contributed by atoms with Crippen LogP contribution in [0.5, 0.6) is 0 Å². The van der Waals surface area contributed by atoms with E-state index < -0.39 is 5.54 Å². The first-order chi connectivity index (χ1) is 6.95. The minimum atomic E-state index is -0.822. The van der Waals surface area contributed by atoms with Gasteiger partial charge in [-0.25, -0.2) is 0 Å². The summed E-state index contributed by atoms with van der Waals surface area (Å²) in [5.74, 6) is -0.171. The number of nitrogens with one attached hydrogen (secondary N) is 1. The number of nitrogens with zero attached hydrogens (tertiary/aromatic N) is 1. The molecule has 0 spiro atoms. The van der Waals surface area contributed by atoms with Crippen LogP contribution < -0.4 is 11.1 Å². The lowest BCUT2D eigenvalue weighted by atomic mass is 9.99. The maximum atomic E-state index is 11.7. The van der Waals surface area contributed by atoms with E-state index in [1.807, 2.05) is 19.9 Å². The first-order valence-electron chi connectivity index (χ1n) is 4.98. The van der Waals surface area contributed by atoms with Crippen molar-refractivity contribution < 1.29 is 4.79 Å². The van der Waals surface area contributed by atoms with Crippen molar-refractivity contribution in [1.29, 1.82) is 0 Å². The van der Waals surface area contributed by atoms with Crippen LogP contribution in [0.25, 0.3) is 0 Å². The molecule has 4 heteroatoms. The smallest absolute Gasteiger partial charge is 0.244 e. The lowest BCUT2D eigenvalue weighted by Crippen LogP contribution is -2.47. The predicted molar refractivity (Wildman–Crippen MR) is 60.5 cm³/mol. The van der Waals surface area contributed by atoms with Gasteiger partial charge in [0, 0.05) is 17.6 Å². The van der Waals surface area contributed by atoms with E-state index in [4.69, 9.17) is 5.73 Å². The Morgan fingerprint density at radius 2 is 2.33 bits per heavy atom. The summed E-state index contributed by atoms with van der Waals surface area (Å²) >= 11 is 0. The van der Waals surface area contributed by atoms with E-state index in [1.165, 1.54) is 0 Å². The minimum absolute atomic E-state index is 0.171. The van der Waals surface area contributed by atoms with Crippen molar-refractivity contribution in [2.24, 2.45) is 5.73 Å². The highest BCUT2D eigenvalue weighted by Gasteiger charge is 2.25.